The molecule has 11 heteroatoms. The standard InChI is InChI=1S/C21H22ClN7O3/c1-10-5-15(22)17(31-9-18-24-11(2)28-32-18)6-13(10)19-14-7-29(21(30)25-12-3-4-12)8-16(14)26-20(23)27-19/h5-6,12H,3-4,7-9H2,1-2H3,(H,25,30)(H2,23,26,27). The molecule has 0 spiro atoms. The topological polar surface area (TPSA) is 132 Å². The number of nitrogens with zero attached hydrogens (tertiary/aromatic N) is 5. The second kappa shape index (κ2) is 7.94. The predicted molar refractivity (Wildman–Crippen MR) is 116 cm³/mol. The molecule has 5 rings (SSSR count). The van der Waals surface area contributed by atoms with Crippen molar-refractivity contribution in [3.63, 3.8) is 0 Å². The highest BCUT2D eigenvalue weighted by Gasteiger charge is 2.32. The fourth-order valence-electron chi connectivity index (χ4n) is 3.69. The SMILES string of the molecule is Cc1noc(COc2cc(-c3nc(N)nc4c3CN(C(=O)NC3CC3)C4)c(C)cc2Cl)n1. The number of carbonyl (C=O) groups is 1. The smallest absolute Gasteiger partial charge is 0.318 e. The number of hydrogen-bond donors (Lipinski definition) is 2. The molecule has 166 valence electrons. The zero-order valence-corrected chi connectivity index (χ0v) is 18.4. The summed E-state index contributed by atoms with van der Waals surface area (Å²) in [5, 5.41) is 7.22. The van der Waals surface area contributed by atoms with Gasteiger partial charge in [-0.15, -0.1) is 0 Å². The fraction of sp³-hybridized carbons (Fsp3) is 0.381. The highest BCUT2D eigenvalue weighted by molar-refractivity contribution is 6.32. The third kappa shape index (κ3) is 4.05. The van der Waals surface area contributed by atoms with E-state index < -0.39 is 0 Å². The molecule has 1 saturated carbocycles. The van der Waals surface area contributed by atoms with E-state index in [1.807, 2.05) is 19.1 Å². The zero-order chi connectivity index (χ0) is 22.4. The first-order chi connectivity index (χ1) is 15.4. The van der Waals surface area contributed by atoms with E-state index in [2.05, 4.69) is 25.4 Å². The summed E-state index contributed by atoms with van der Waals surface area (Å²) in [6.45, 7) is 4.55. The third-order valence-corrected chi connectivity index (χ3v) is 5.74. The Bertz CT molecular complexity index is 1210. The van der Waals surface area contributed by atoms with Gasteiger partial charge in [-0.25, -0.2) is 14.8 Å². The number of nitrogens with two attached hydrogens (primary N) is 1. The van der Waals surface area contributed by atoms with Crippen LogP contribution in [0.4, 0.5) is 10.7 Å². The maximum Gasteiger partial charge on any atom is 0.318 e. The van der Waals surface area contributed by atoms with Crippen LogP contribution in [0.25, 0.3) is 11.3 Å². The molecular weight excluding hydrogens is 434 g/mol. The molecule has 2 amide bonds. The lowest BCUT2D eigenvalue weighted by Crippen LogP contribution is -2.37. The number of nitrogen functional groups attached to an aromatic ring is 1. The molecule has 1 fully saturated rings. The van der Waals surface area contributed by atoms with Crippen LogP contribution in [0.1, 0.15) is 41.4 Å². The number of urea groups is 1. The van der Waals surface area contributed by atoms with Crippen LogP contribution < -0.4 is 15.8 Å². The van der Waals surface area contributed by atoms with Crippen molar-refractivity contribution in [3.05, 3.63) is 45.7 Å². The van der Waals surface area contributed by atoms with E-state index in [9.17, 15) is 4.79 Å². The average Bonchev–Trinajstić information content (AvgIpc) is 3.28. The summed E-state index contributed by atoms with van der Waals surface area (Å²) in [5.74, 6) is 1.49. The van der Waals surface area contributed by atoms with Gasteiger partial charge >= 0.3 is 6.03 Å². The molecule has 2 aliphatic rings. The molecule has 0 radical (unpaired) electrons. The van der Waals surface area contributed by atoms with Crippen LogP contribution >= 0.6 is 11.6 Å². The lowest BCUT2D eigenvalue weighted by molar-refractivity contribution is 0.197. The van der Waals surface area contributed by atoms with Gasteiger partial charge in [0, 0.05) is 17.2 Å². The van der Waals surface area contributed by atoms with E-state index in [4.69, 9.17) is 26.6 Å². The number of halogens is 1. The van der Waals surface area contributed by atoms with Gasteiger partial charge in [-0.2, -0.15) is 4.98 Å². The molecule has 10 nitrogen and oxygen atoms in total. The molecule has 1 aromatic carbocycles. The number of carbonyl (C=O) groups excluding carboxylic acids is 1. The number of aromatic nitrogens is 4. The van der Waals surface area contributed by atoms with Crippen molar-refractivity contribution in [3.8, 4) is 17.0 Å². The third-order valence-electron chi connectivity index (χ3n) is 5.45. The summed E-state index contributed by atoms with van der Waals surface area (Å²) in [6.07, 6.45) is 2.06. The maximum absolute atomic E-state index is 12.6. The van der Waals surface area contributed by atoms with Crippen molar-refractivity contribution in [1.82, 2.24) is 30.3 Å². The molecule has 1 aliphatic carbocycles. The molecule has 0 unspecified atom stereocenters. The van der Waals surface area contributed by atoms with Crippen molar-refractivity contribution >= 4 is 23.6 Å². The normalized spacial score (nSPS) is 15.0. The molecule has 3 aromatic rings. The van der Waals surface area contributed by atoms with Gasteiger partial charge in [0.1, 0.15) is 5.75 Å². The first-order valence-corrected chi connectivity index (χ1v) is 10.7. The minimum Gasteiger partial charge on any atom is -0.482 e. The fourth-order valence-corrected chi connectivity index (χ4v) is 3.96. The Kier molecular flexibility index (Phi) is 5.09. The molecule has 1 aliphatic heterocycles. The van der Waals surface area contributed by atoms with E-state index in [0.717, 1.165) is 35.2 Å². The highest BCUT2D eigenvalue weighted by atomic mass is 35.5. The van der Waals surface area contributed by atoms with Gasteiger partial charge in [-0.05, 0) is 44.4 Å². The summed E-state index contributed by atoms with van der Waals surface area (Å²) in [6, 6.07) is 3.81. The van der Waals surface area contributed by atoms with Gasteiger partial charge in [0.15, 0.2) is 12.4 Å². The molecule has 0 bridgehead atoms. The number of aryl methyl sites for hydroxylation is 2. The second-order valence-electron chi connectivity index (χ2n) is 8.06. The summed E-state index contributed by atoms with van der Waals surface area (Å²) in [7, 11) is 0. The first-order valence-electron chi connectivity index (χ1n) is 10.3. The van der Waals surface area contributed by atoms with Gasteiger partial charge in [-0.3, -0.25) is 0 Å². The maximum atomic E-state index is 12.6. The Morgan fingerprint density at radius 3 is 2.81 bits per heavy atom. The van der Waals surface area contributed by atoms with Crippen LogP contribution in [0.2, 0.25) is 5.02 Å². The molecule has 0 atom stereocenters. The van der Waals surface area contributed by atoms with Gasteiger partial charge in [0.2, 0.25) is 5.95 Å². The Morgan fingerprint density at radius 1 is 1.28 bits per heavy atom. The monoisotopic (exact) mass is 455 g/mol. The lowest BCUT2D eigenvalue weighted by Gasteiger charge is -2.16. The Labute approximate surface area is 189 Å². The zero-order valence-electron chi connectivity index (χ0n) is 17.7. The van der Waals surface area contributed by atoms with Crippen LogP contribution in [0, 0.1) is 13.8 Å². The number of nitrogens with one attached hydrogen (secondary N) is 1. The van der Waals surface area contributed by atoms with Crippen LogP contribution in [0.3, 0.4) is 0 Å². The molecule has 3 N–H and O–H groups in total. The number of anilines is 1. The largest absolute Gasteiger partial charge is 0.482 e. The average molecular weight is 456 g/mol. The van der Waals surface area contributed by atoms with Crippen LogP contribution in [0.15, 0.2) is 16.7 Å². The Balaban J connectivity index is 1.45. The number of benzene rings is 1. The molecule has 0 saturated heterocycles. The minimum atomic E-state index is -0.0956. The molecule has 3 heterocycles. The Hall–Kier alpha value is -3.40. The second-order valence-corrected chi connectivity index (χ2v) is 8.46. The van der Waals surface area contributed by atoms with E-state index in [-0.39, 0.29) is 24.6 Å². The first kappa shape index (κ1) is 20.5. The molecular formula is C21H22ClN7O3. The number of rotatable bonds is 5. The van der Waals surface area contributed by atoms with Crippen LogP contribution in [0.5, 0.6) is 5.75 Å². The van der Waals surface area contributed by atoms with Crippen molar-refractivity contribution in [2.24, 2.45) is 0 Å². The van der Waals surface area contributed by atoms with Crippen molar-refractivity contribution < 1.29 is 14.1 Å². The quantitative estimate of drug-likeness (QED) is 0.599. The van der Waals surface area contributed by atoms with E-state index in [1.165, 1.54) is 0 Å². The lowest BCUT2D eigenvalue weighted by atomic mass is 10.0. The van der Waals surface area contributed by atoms with Gasteiger partial charge in [0.25, 0.3) is 5.89 Å². The van der Waals surface area contributed by atoms with Gasteiger partial charge < -0.3 is 25.2 Å². The molecule has 2 aromatic heterocycles. The number of fused-ring (bicyclic) bond motifs is 1. The molecule has 32 heavy (non-hydrogen) atoms. The number of ether oxygens (including phenoxy) is 1. The van der Waals surface area contributed by atoms with Crippen LogP contribution in [-0.4, -0.2) is 37.1 Å². The minimum absolute atomic E-state index is 0.0855. The summed E-state index contributed by atoms with van der Waals surface area (Å²) < 4.78 is 10.9. The number of hydrogen-bond acceptors (Lipinski definition) is 8. The van der Waals surface area contributed by atoms with Crippen LogP contribution in [-0.2, 0) is 19.7 Å². The summed E-state index contributed by atoms with van der Waals surface area (Å²) >= 11 is 6.42. The number of amides is 2. The van der Waals surface area contributed by atoms with E-state index in [0.29, 0.717) is 41.3 Å². The van der Waals surface area contributed by atoms with Gasteiger partial charge in [-0.1, -0.05) is 16.8 Å². The summed E-state index contributed by atoms with van der Waals surface area (Å²) in [4.78, 5) is 27.3. The predicted octanol–water partition coefficient (Wildman–Crippen LogP) is 3.15. The van der Waals surface area contributed by atoms with Crippen molar-refractivity contribution in [2.75, 3.05) is 5.73 Å². The van der Waals surface area contributed by atoms with Crippen molar-refractivity contribution in [2.45, 2.75) is 52.4 Å². The summed E-state index contributed by atoms with van der Waals surface area (Å²) in [5.41, 5.74) is 10.0. The van der Waals surface area contributed by atoms with E-state index >= 15 is 0 Å². The Morgan fingerprint density at radius 2 is 2.09 bits per heavy atom. The van der Waals surface area contributed by atoms with E-state index in [1.54, 1.807) is 11.8 Å². The van der Waals surface area contributed by atoms with Crippen molar-refractivity contribution in [1.29, 1.82) is 0 Å². The van der Waals surface area contributed by atoms with Gasteiger partial charge in [0.05, 0.1) is 29.5 Å². The highest BCUT2D eigenvalue weighted by Crippen LogP contribution is 2.38.